The zero-order valence-electron chi connectivity index (χ0n) is 12.5. The summed E-state index contributed by atoms with van der Waals surface area (Å²) in [6, 6.07) is 14.0. The molecule has 0 saturated carbocycles. The fourth-order valence-electron chi connectivity index (χ4n) is 2.40. The van der Waals surface area contributed by atoms with Gasteiger partial charge in [0, 0.05) is 22.6 Å². The molecule has 0 aliphatic rings. The zero-order chi connectivity index (χ0) is 15.2. The van der Waals surface area contributed by atoms with Gasteiger partial charge in [-0.3, -0.25) is 0 Å². The van der Waals surface area contributed by atoms with Gasteiger partial charge in [-0.1, -0.05) is 54.0 Å². The van der Waals surface area contributed by atoms with Crippen LogP contribution in [0.15, 0.2) is 46.9 Å². The topological polar surface area (TPSA) is 12.0 Å². The molecule has 0 amide bonds. The third-order valence-corrected chi connectivity index (χ3v) is 4.24. The molecule has 3 heteroatoms. The molecule has 1 N–H and O–H groups in total. The summed E-state index contributed by atoms with van der Waals surface area (Å²) >= 11 is 3.39. The summed E-state index contributed by atoms with van der Waals surface area (Å²) in [5.74, 6) is -0.165. The van der Waals surface area contributed by atoms with Crippen LogP contribution >= 0.6 is 15.9 Å². The molecule has 0 heterocycles. The summed E-state index contributed by atoms with van der Waals surface area (Å²) in [6.07, 6.45) is 2.02. The highest BCUT2D eigenvalue weighted by molar-refractivity contribution is 9.10. The highest BCUT2D eigenvalue weighted by Crippen LogP contribution is 2.20. The molecule has 0 bridgehead atoms. The fourth-order valence-corrected chi connectivity index (χ4v) is 2.80. The van der Waals surface area contributed by atoms with Crippen molar-refractivity contribution in [3.05, 3.63) is 69.4 Å². The van der Waals surface area contributed by atoms with Gasteiger partial charge in [-0.25, -0.2) is 4.39 Å². The van der Waals surface area contributed by atoms with Crippen molar-refractivity contribution in [3.8, 4) is 0 Å². The Hall–Kier alpha value is -1.19. The fraction of sp³-hybridized carbons (Fsp3) is 0.333. The second kappa shape index (κ2) is 7.71. The number of benzene rings is 2. The lowest BCUT2D eigenvalue weighted by atomic mass is 10.0. The van der Waals surface area contributed by atoms with Gasteiger partial charge in [-0.2, -0.15) is 0 Å². The van der Waals surface area contributed by atoms with Crippen LogP contribution in [0.25, 0.3) is 0 Å². The summed E-state index contributed by atoms with van der Waals surface area (Å²) in [7, 11) is 0. The van der Waals surface area contributed by atoms with E-state index < -0.39 is 0 Å². The minimum Gasteiger partial charge on any atom is -0.306 e. The molecule has 0 fully saturated rings. The van der Waals surface area contributed by atoms with Crippen LogP contribution in [0.2, 0.25) is 0 Å². The third kappa shape index (κ3) is 4.39. The van der Waals surface area contributed by atoms with E-state index in [9.17, 15) is 4.39 Å². The molecule has 0 saturated heterocycles. The van der Waals surface area contributed by atoms with E-state index >= 15 is 0 Å². The van der Waals surface area contributed by atoms with E-state index in [-0.39, 0.29) is 11.9 Å². The van der Waals surface area contributed by atoms with Crippen molar-refractivity contribution in [3.63, 3.8) is 0 Å². The molecule has 1 atom stereocenters. The van der Waals surface area contributed by atoms with Crippen molar-refractivity contribution < 1.29 is 4.39 Å². The van der Waals surface area contributed by atoms with Gasteiger partial charge in [-0.05, 0) is 42.2 Å². The van der Waals surface area contributed by atoms with Crippen molar-refractivity contribution in [2.24, 2.45) is 0 Å². The molecule has 1 nitrogen and oxygen atoms in total. The van der Waals surface area contributed by atoms with Crippen molar-refractivity contribution in [1.29, 1.82) is 0 Å². The summed E-state index contributed by atoms with van der Waals surface area (Å²) in [5, 5.41) is 3.45. The molecule has 1 unspecified atom stereocenters. The Bertz CT molecular complexity index is 580. The first kappa shape index (κ1) is 16.2. The van der Waals surface area contributed by atoms with Crippen LogP contribution < -0.4 is 5.32 Å². The third-order valence-electron chi connectivity index (χ3n) is 3.75. The summed E-state index contributed by atoms with van der Waals surface area (Å²) in [5.41, 5.74) is 3.28. The Labute approximate surface area is 134 Å². The predicted molar refractivity (Wildman–Crippen MR) is 89.8 cm³/mol. The number of hydrogen-bond donors (Lipinski definition) is 1. The molecular formula is C18H21BrFN. The van der Waals surface area contributed by atoms with Crippen LogP contribution in [0.3, 0.4) is 0 Å². The van der Waals surface area contributed by atoms with Crippen molar-refractivity contribution in [2.75, 3.05) is 0 Å². The van der Waals surface area contributed by atoms with Crippen molar-refractivity contribution in [2.45, 2.75) is 39.3 Å². The van der Waals surface area contributed by atoms with E-state index in [1.807, 2.05) is 6.07 Å². The van der Waals surface area contributed by atoms with Crippen molar-refractivity contribution >= 4 is 15.9 Å². The smallest absolute Gasteiger partial charge is 0.127 e. The van der Waals surface area contributed by atoms with Crippen LogP contribution in [0.1, 0.15) is 43.0 Å². The number of aryl methyl sites for hydroxylation is 1. The molecule has 0 radical (unpaired) electrons. The number of halogens is 2. The van der Waals surface area contributed by atoms with E-state index in [4.69, 9.17) is 0 Å². The van der Waals surface area contributed by atoms with Crippen LogP contribution in [0.5, 0.6) is 0 Å². The second-order valence-electron chi connectivity index (χ2n) is 5.17. The molecule has 2 aromatic carbocycles. The first-order valence-corrected chi connectivity index (χ1v) is 8.19. The average Bonchev–Trinajstić information content (AvgIpc) is 2.51. The predicted octanol–water partition coefficient (Wildman–Crippen LogP) is 5.39. The molecule has 0 aromatic heterocycles. The summed E-state index contributed by atoms with van der Waals surface area (Å²) in [4.78, 5) is 0. The molecule has 0 aliphatic carbocycles. The van der Waals surface area contributed by atoms with E-state index in [0.717, 1.165) is 17.3 Å². The second-order valence-corrected chi connectivity index (χ2v) is 6.09. The van der Waals surface area contributed by atoms with Crippen LogP contribution in [-0.2, 0) is 13.0 Å². The molecule has 112 valence electrons. The highest BCUT2D eigenvalue weighted by atomic mass is 79.9. The van der Waals surface area contributed by atoms with E-state index in [0.29, 0.717) is 12.1 Å². The van der Waals surface area contributed by atoms with Gasteiger partial charge in [-0.15, -0.1) is 0 Å². The lowest BCUT2D eigenvalue weighted by Crippen LogP contribution is -2.20. The van der Waals surface area contributed by atoms with Gasteiger partial charge in [0.1, 0.15) is 5.82 Å². The average molecular weight is 350 g/mol. The lowest BCUT2D eigenvalue weighted by molar-refractivity contribution is 0.504. The first-order valence-electron chi connectivity index (χ1n) is 7.40. The van der Waals surface area contributed by atoms with Crippen LogP contribution in [0, 0.1) is 5.82 Å². The molecule has 2 aromatic rings. The Kier molecular flexibility index (Phi) is 5.95. The minimum absolute atomic E-state index is 0.165. The quantitative estimate of drug-likeness (QED) is 0.736. The maximum atomic E-state index is 13.8. The number of hydrogen-bond acceptors (Lipinski definition) is 1. The van der Waals surface area contributed by atoms with E-state index in [1.54, 1.807) is 6.07 Å². The first-order chi connectivity index (χ1) is 10.1. The largest absolute Gasteiger partial charge is 0.306 e. The van der Waals surface area contributed by atoms with Gasteiger partial charge >= 0.3 is 0 Å². The molecular weight excluding hydrogens is 329 g/mol. The van der Waals surface area contributed by atoms with E-state index in [2.05, 4.69) is 59.4 Å². The molecule has 2 rings (SSSR count). The Morgan fingerprint density at radius 2 is 1.81 bits per heavy atom. The van der Waals surface area contributed by atoms with Crippen LogP contribution in [-0.4, -0.2) is 0 Å². The summed E-state index contributed by atoms with van der Waals surface area (Å²) < 4.78 is 14.7. The van der Waals surface area contributed by atoms with Crippen LogP contribution in [0.4, 0.5) is 4.39 Å². The number of rotatable bonds is 6. The van der Waals surface area contributed by atoms with Gasteiger partial charge < -0.3 is 5.32 Å². The number of nitrogens with one attached hydrogen (secondary N) is 1. The lowest BCUT2D eigenvalue weighted by Gasteiger charge is -2.18. The normalized spacial score (nSPS) is 12.4. The maximum Gasteiger partial charge on any atom is 0.127 e. The van der Waals surface area contributed by atoms with Gasteiger partial charge in [0.15, 0.2) is 0 Å². The highest BCUT2D eigenvalue weighted by Gasteiger charge is 2.10. The Morgan fingerprint density at radius 3 is 2.43 bits per heavy atom. The zero-order valence-corrected chi connectivity index (χ0v) is 14.1. The molecule has 0 aliphatic heterocycles. The maximum absolute atomic E-state index is 13.8. The van der Waals surface area contributed by atoms with Gasteiger partial charge in [0.05, 0.1) is 0 Å². The Balaban J connectivity index is 2.06. The molecule has 0 spiro atoms. The monoisotopic (exact) mass is 349 g/mol. The minimum atomic E-state index is -0.165. The Morgan fingerprint density at radius 1 is 1.10 bits per heavy atom. The van der Waals surface area contributed by atoms with Crippen molar-refractivity contribution in [1.82, 2.24) is 5.32 Å². The van der Waals surface area contributed by atoms with E-state index in [1.165, 1.54) is 17.2 Å². The van der Waals surface area contributed by atoms with Gasteiger partial charge in [0.2, 0.25) is 0 Å². The standard InChI is InChI=1S/C18H21BrFN/c1-3-13-5-7-14(8-6-13)18(4-2)21-12-15-11-16(19)9-10-17(15)20/h5-11,18,21H,3-4,12H2,1-2H3. The summed E-state index contributed by atoms with van der Waals surface area (Å²) in [6.45, 7) is 4.82. The van der Waals surface area contributed by atoms with Gasteiger partial charge in [0.25, 0.3) is 0 Å². The SMILES string of the molecule is CCc1ccc(C(CC)NCc2cc(Br)ccc2F)cc1. The molecule has 21 heavy (non-hydrogen) atoms.